The van der Waals surface area contributed by atoms with E-state index in [1.165, 1.54) is 17.5 Å². The van der Waals surface area contributed by atoms with E-state index < -0.39 is 0 Å². The number of hydrogen-bond donors (Lipinski definition) is 1. The van der Waals surface area contributed by atoms with Crippen LogP contribution in [0, 0.1) is 5.92 Å². The Bertz CT molecular complexity index is 1300. The molecule has 198 valence electrons. The van der Waals surface area contributed by atoms with Crippen LogP contribution < -0.4 is 5.32 Å². The van der Waals surface area contributed by atoms with Crippen molar-refractivity contribution < 1.29 is 14.0 Å². The van der Waals surface area contributed by atoms with Crippen molar-refractivity contribution in [3.63, 3.8) is 0 Å². The van der Waals surface area contributed by atoms with Gasteiger partial charge in [-0.05, 0) is 80.3 Å². The van der Waals surface area contributed by atoms with Crippen molar-refractivity contribution in [1.29, 1.82) is 0 Å². The predicted octanol–water partition coefficient (Wildman–Crippen LogP) is 5.06. The molecule has 2 saturated heterocycles. The van der Waals surface area contributed by atoms with Crippen molar-refractivity contribution in [2.75, 3.05) is 38.5 Å². The van der Waals surface area contributed by atoms with E-state index in [1.54, 1.807) is 6.20 Å². The van der Waals surface area contributed by atoms with E-state index in [4.69, 9.17) is 4.42 Å². The Kier molecular flexibility index (Phi) is 6.78. The molecule has 0 bridgehead atoms. The molecular formula is C31H36N4O3. The fourth-order valence-electron chi connectivity index (χ4n) is 7.01. The highest BCUT2D eigenvalue weighted by Gasteiger charge is 2.46. The second-order valence-corrected chi connectivity index (χ2v) is 11.4. The molecule has 2 atom stereocenters. The number of oxazole rings is 1. The van der Waals surface area contributed by atoms with Gasteiger partial charge in [-0.2, -0.15) is 0 Å². The number of nitrogens with zero attached hydrogens (tertiary/aromatic N) is 3. The lowest BCUT2D eigenvalue weighted by atomic mass is 9.73. The molecule has 3 aliphatic rings. The summed E-state index contributed by atoms with van der Waals surface area (Å²) in [6.45, 7) is 3.58. The van der Waals surface area contributed by atoms with Crippen molar-refractivity contribution in [3.8, 4) is 11.3 Å². The number of anilines is 1. The lowest BCUT2D eigenvalue weighted by Crippen LogP contribution is -2.49. The molecule has 2 fully saturated rings. The number of amides is 2. The molecule has 2 unspecified atom stereocenters. The molecular weight excluding hydrogens is 476 g/mol. The molecule has 0 saturated carbocycles. The summed E-state index contributed by atoms with van der Waals surface area (Å²) < 4.78 is 5.40. The summed E-state index contributed by atoms with van der Waals surface area (Å²) in [4.78, 5) is 34.8. The summed E-state index contributed by atoms with van der Waals surface area (Å²) in [6, 6.07) is 16.3. The van der Waals surface area contributed by atoms with Crippen LogP contribution in [0.15, 0.2) is 65.5 Å². The van der Waals surface area contributed by atoms with Gasteiger partial charge in [-0.15, -0.1) is 0 Å². The van der Waals surface area contributed by atoms with E-state index in [9.17, 15) is 9.59 Å². The first kappa shape index (κ1) is 24.9. The highest BCUT2D eigenvalue weighted by atomic mass is 16.3. The van der Waals surface area contributed by atoms with Gasteiger partial charge < -0.3 is 19.5 Å². The van der Waals surface area contributed by atoms with Gasteiger partial charge in [-0.1, -0.05) is 36.4 Å². The van der Waals surface area contributed by atoms with Gasteiger partial charge in [0.1, 0.15) is 0 Å². The topological polar surface area (TPSA) is 78.7 Å². The number of benzene rings is 2. The highest BCUT2D eigenvalue weighted by molar-refractivity contribution is 5.92. The first-order valence-electron chi connectivity index (χ1n) is 13.9. The lowest BCUT2D eigenvalue weighted by molar-refractivity contribution is -0.138. The summed E-state index contributed by atoms with van der Waals surface area (Å²) in [7, 11) is 2.11. The van der Waals surface area contributed by atoms with E-state index in [2.05, 4.69) is 51.4 Å². The molecule has 3 heterocycles. The zero-order chi connectivity index (χ0) is 26.1. The van der Waals surface area contributed by atoms with Gasteiger partial charge in [0.2, 0.25) is 11.8 Å². The van der Waals surface area contributed by atoms with E-state index in [1.807, 2.05) is 24.3 Å². The van der Waals surface area contributed by atoms with Gasteiger partial charge in [0, 0.05) is 37.3 Å². The minimum atomic E-state index is 0.0191. The molecule has 0 radical (unpaired) electrons. The zero-order valence-corrected chi connectivity index (χ0v) is 22.1. The lowest BCUT2D eigenvalue weighted by Gasteiger charge is -2.42. The van der Waals surface area contributed by atoms with E-state index in [0.29, 0.717) is 18.1 Å². The van der Waals surface area contributed by atoms with Crippen LogP contribution in [0.2, 0.25) is 0 Å². The molecule has 1 spiro atoms. The van der Waals surface area contributed by atoms with Gasteiger partial charge in [0.05, 0.1) is 12.1 Å². The van der Waals surface area contributed by atoms with Crippen LogP contribution in [0.25, 0.3) is 11.3 Å². The fourth-order valence-corrected chi connectivity index (χ4v) is 7.01. The number of hydrogen-bond acceptors (Lipinski definition) is 5. The van der Waals surface area contributed by atoms with Crippen LogP contribution in [0.1, 0.15) is 55.6 Å². The standard InChI is InChI=1S/C31H36N4O3/c1-34-13-5-7-23(20-34)30(37)35-14-11-31(12-15-35)18-24(26-9-2-3-10-27(26)31)17-29(36)33-25-8-4-6-22(16-25)28-19-32-21-38-28/h2-4,6,8-10,16,19,21,23-24H,5,7,11-15,17-18,20H2,1H3,(H,33,36). The molecule has 1 aromatic heterocycles. The number of carbonyl (C=O) groups is 2. The highest BCUT2D eigenvalue weighted by Crippen LogP contribution is 2.52. The van der Waals surface area contributed by atoms with Gasteiger partial charge in [-0.25, -0.2) is 4.98 Å². The van der Waals surface area contributed by atoms with Crippen LogP contribution in [-0.4, -0.2) is 59.8 Å². The van der Waals surface area contributed by atoms with Crippen molar-refractivity contribution in [2.45, 2.75) is 49.9 Å². The Morgan fingerprint density at radius 1 is 1.11 bits per heavy atom. The monoisotopic (exact) mass is 512 g/mol. The van der Waals surface area contributed by atoms with Crippen LogP contribution in [-0.2, 0) is 15.0 Å². The molecule has 2 aromatic carbocycles. The SMILES string of the molecule is CN1CCCC(C(=O)N2CCC3(CC2)CC(CC(=O)Nc2cccc(-c4cnco4)c2)c2ccccc23)C1. The molecule has 1 N–H and O–H groups in total. The van der Waals surface area contributed by atoms with E-state index in [0.717, 1.165) is 69.5 Å². The molecule has 6 rings (SSSR count). The normalized spacial score (nSPS) is 22.8. The molecule has 7 heteroatoms. The first-order valence-corrected chi connectivity index (χ1v) is 13.9. The number of nitrogens with one attached hydrogen (secondary N) is 1. The number of piperidine rings is 2. The summed E-state index contributed by atoms with van der Waals surface area (Å²) in [6.07, 6.45) is 8.53. The maximum absolute atomic E-state index is 13.3. The Morgan fingerprint density at radius 2 is 1.95 bits per heavy atom. The molecule has 38 heavy (non-hydrogen) atoms. The maximum Gasteiger partial charge on any atom is 0.226 e. The second kappa shape index (κ2) is 10.4. The van der Waals surface area contributed by atoms with Crippen molar-refractivity contribution >= 4 is 17.5 Å². The Balaban J connectivity index is 1.12. The summed E-state index contributed by atoms with van der Waals surface area (Å²) >= 11 is 0. The average Bonchev–Trinajstić information content (AvgIpc) is 3.57. The van der Waals surface area contributed by atoms with Crippen LogP contribution in [0.5, 0.6) is 0 Å². The van der Waals surface area contributed by atoms with Crippen molar-refractivity contribution in [2.24, 2.45) is 5.92 Å². The van der Waals surface area contributed by atoms with Crippen LogP contribution in [0.3, 0.4) is 0 Å². The fraction of sp³-hybridized carbons (Fsp3) is 0.452. The first-order chi connectivity index (χ1) is 18.5. The largest absolute Gasteiger partial charge is 0.444 e. The number of aromatic nitrogens is 1. The molecule has 3 aromatic rings. The van der Waals surface area contributed by atoms with Crippen LogP contribution >= 0.6 is 0 Å². The minimum Gasteiger partial charge on any atom is -0.444 e. The molecule has 1 aliphatic carbocycles. The van der Waals surface area contributed by atoms with Gasteiger partial charge in [0.25, 0.3) is 0 Å². The Hall–Kier alpha value is -3.45. The Morgan fingerprint density at radius 3 is 2.74 bits per heavy atom. The van der Waals surface area contributed by atoms with Gasteiger partial charge in [-0.3, -0.25) is 9.59 Å². The predicted molar refractivity (Wildman–Crippen MR) is 147 cm³/mol. The van der Waals surface area contributed by atoms with Gasteiger partial charge >= 0.3 is 0 Å². The summed E-state index contributed by atoms with van der Waals surface area (Å²) in [5.74, 6) is 1.34. The number of likely N-dealkylation sites (tertiary alicyclic amines) is 2. The van der Waals surface area contributed by atoms with Crippen molar-refractivity contribution in [3.05, 3.63) is 72.2 Å². The quantitative estimate of drug-likeness (QED) is 0.517. The summed E-state index contributed by atoms with van der Waals surface area (Å²) in [5, 5.41) is 3.10. The Labute approximate surface area is 224 Å². The maximum atomic E-state index is 13.3. The molecule has 7 nitrogen and oxygen atoms in total. The summed E-state index contributed by atoms with van der Waals surface area (Å²) in [5.41, 5.74) is 4.37. The number of carbonyl (C=O) groups excluding carboxylic acids is 2. The third-order valence-corrected chi connectivity index (χ3v) is 8.91. The zero-order valence-electron chi connectivity index (χ0n) is 22.1. The number of fused-ring (bicyclic) bond motifs is 2. The third kappa shape index (κ3) is 4.87. The van der Waals surface area contributed by atoms with Gasteiger partial charge in [0.15, 0.2) is 12.2 Å². The van der Waals surface area contributed by atoms with E-state index >= 15 is 0 Å². The van der Waals surface area contributed by atoms with Crippen LogP contribution in [0.4, 0.5) is 5.69 Å². The average molecular weight is 513 g/mol. The third-order valence-electron chi connectivity index (χ3n) is 8.91. The molecule has 2 amide bonds. The van der Waals surface area contributed by atoms with Crippen molar-refractivity contribution in [1.82, 2.24) is 14.8 Å². The smallest absolute Gasteiger partial charge is 0.226 e. The number of rotatable bonds is 5. The molecule has 2 aliphatic heterocycles. The minimum absolute atomic E-state index is 0.0191. The van der Waals surface area contributed by atoms with E-state index in [-0.39, 0.29) is 23.2 Å². The second-order valence-electron chi connectivity index (χ2n) is 11.4.